The first-order valence-corrected chi connectivity index (χ1v) is 6.79. The van der Waals surface area contributed by atoms with Crippen LogP contribution in [0.4, 0.5) is 4.39 Å². The molecule has 0 aliphatic carbocycles. The lowest BCUT2D eigenvalue weighted by atomic mass is 10.2. The maximum atomic E-state index is 13.3. The van der Waals surface area contributed by atoms with Crippen molar-refractivity contribution in [3.8, 4) is 0 Å². The first-order chi connectivity index (χ1) is 8.56. The van der Waals surface area contributed by atoms with Gasteiger partial charge in [-0.1, -0.05) is 15.9 Å². The molecule has 1 fully saturated rings. The summed E-state index contributed by atoms with van der Waals surface area (Å²) in [6.07, 6.45) is 0.957. The molecule has 0 aromatic heterocycles. The lowest BCUT2D eigenvalue weighted by Crippen LogP contribution is -2.34. The molecule has 0 radical (unpaired) electrons. The Balaban J connectivity index is 2.14. The molecule has 18 heavy (non-hydrogen) atoms. The quantitative estimate of drug-likeness (QED) is 0.794. The number of benzene rings is 1. The highest BCUT2D eigenvalue weighted by Crippen LogP contribution is 2.17. The minimum Gasteiger partial charge on any atom is -0.337 e. The van der Waals surface area contributed by atoms with Gasteiger partial charge in [0, 0.05) is 29.7 Å². The minimum absolute atomic E-state index is 0.0921. The average molecular weight is 315 g/mol. The highest BCUT2D eigenvalue weighted by Gasteiger charge is 2.19. The van der Waals surface area contributed by atoms with Gasteiger partial charge in [0.1, 0.15) is 5.82 Å². The molecule has 0 bridgehead atoms. The van der Waals surface area contributed by atoms with Crippen molar-refractivity contribution in [2.24, 2.45) is 0 Å². The number of carbonyl (C=O) groups is 1. The molecule has 0 unspecified atom stereocenters. The fraction of sp³-hybridized carbons (Fsp3) is 0.462. The molecule has 5 heteroatoms. The molecule has 3 nitrogen and oxygen atoms in total. The summed E-state index contributed by atoms with van der Waals surface area (Å²) in [7, 11) is 2.05. The highest BCUT2D eigenvalue weighted by molar-refractivity contribution is 9.10. The Kier molecular flexibility index (Phi) is 4.35. The van der Waals surface area contributed by atoms with Gasteiger partial charge in [0.2, 0.25) is 0 Å². The zero-order chi connectivity index (χ0) is 13.1. The van der Waals surface area contributed by atoms with E-state index in [0.717, 1.165) is 26.1 Å². The molecular weight excluding hydrogens is 299 g/mol. The van der Waals surface area contributed by atoms with Crippen molar-refractivity contribution in [3.05, 3.63) is 34.1 Å². The second kappa shape index (κ2) is 5.80. The van der Waals surface area contributed by atoms with Crippen molar-refractivity contribution in [2.75, 3.05) is 33.2 Å². The molecule has 1 aromatic carbocycles. The summed E-state index contributed by atoms with van der Waals surface area (Å²) < 4.78 is 13.9. The van der Waals surface area contributed by atoms with Crippen molar-refractivity contribution in [1.29, 1.82) is 0 Å². The van der Waals surface area contributed by atoms with E-state index in [2.05, 4.69) is 20.8 Å². The number of nitrogens with zero attached hydrogens (tertiary/aromatic N) is 2. The molecule has 1 aliphatic rings. The Bertz CT molecular complexity index is 432. The standard InChI is InChI=1S/C13H16BrFN2O/c1-16-3-2-4-17(6-5-16)13(18)10-7-11(14)9-12(15)8-10/h7-9H,2-6H2,1H3. The van der Waals surface area contributed by atoms with Crippen LogP contribution in [0.2, 0.25) is 0 Å². The molecule has 1 saturated heterocycles. The molecular formula is C13H16BrFN2O. The molecule has 1 amide bonds. The van der Waals surface area contributed by atoms with Gasteiger partial charge in [-0.2, -0.15) is 0 Å². The fourth-order valence-corrected chi connectivity index (χ4v) is 2.57. The number of hydrogen-bond acceptors (Lipinski definition) is 2. The third kappa shape index (κ3) is 3.29. The molecule has 0 N–H and O–H groups in total. The molecule has 0 saturated carbocycles. The van der Waals surface area contributed by atoms with Crippen LogP contribution in [0.3, 0.4) is 0 Å². The lowest BCUT2D eigenvalue weighted by Gasteiger charge is -2.20. The average Bonchev–Trinajstić information content (AvgIpc) is 2.52. The molecule has 1 aromatic rings. The number of amides is 1. The summed E-state index contributed by atoms with van der Waals surface area (Å²) in [5.41, 5.74) is 0.409. The number of rotatable bonds is 1. The predicted octanol–water partition coefficient (Wildman–Crippen LogP) is 2.37. The number of hydrogen-bond donors (Lipinski definition) is 0. The van der Waals surface area contributed by atoms with Crippen LogP contribution in [0.5, 0.6) is 0 Å². The van der Waals surface area contributed by atoms with Gasteiger partial charge in [-0.25, -0.2) is 4.39 Å². The van der Waals surface area contributed by atoms with Crippen molar-refractivity contribution < 1.29 is 9.18 Å². The first-order valence-electron chi connectivity index (χ1n) is 6.00. The first kappa shape index (κ1) is 13.5. The van der Waals surface area contributed by atoms with Crippen LogP contribution >= 0.6 is 15.9 Å². The largest absolute Gasteiger partial charge is 0.337 e. The Hall–Kier alpha value is -0.940. The lowest BCUT2D eigenvalue weighted by molar-refractivity contribution is 0.0762. The Morgan fingerprint density at radius 3 is 2.72 bits per heavy atom. The molecule has 1 heterocycles. The van der Waals surface area contributed by atoms with E-state index in [9.17, 15) is 9.18 Å². The SMILES string of the molecule is CN1CCCN(C(=O)c2cc(F)cc(Br)c2)CC1. The summed E-state index contributed by atoms with van der Waals surface area (Å²) in [5, 5.41) is 0. The third-order valence-corrected chi connectivity index (χ3v) is 3.57. The van der Waals surface area contributed by atoms with Gasteiger partial charge in [0.15, 0.2) is 0 Å². The summed E-state index contributed by atoms with van der Waals surface area (Å²) in [4.78, 5) is 16.3. The second-order valence-corrected chi connectivity index (χ2v) is 5.52. The summed E-state index contributed by atoms with van der Waals surface area (Å²) in [6, 6.07) is 4.31. The van der Waals surface area contributed by atoms with E-state index < -0.39 is 0 Å². The molecule has 0 atom stereocenters. The molecule has 1 aliphatic heterocycles. The van der Waals surface area contributed by atoms with E-state index in [4.69, 9.17) is 0 Å². The summed E-state index contributed by atoms with van der Waals surface area (Å²) >= 11 is 3.21. The molecule has 98 valence electrons. The van der Waals surface area contributed by atoms with Crippen LogP contribution in [-0.4, -0.2) is 48.9 Å². The Morgan fingerprint density at radius 2 is 2.00 bits per heavy atom. The Labute approximate surface area is 115 Å². The van der Waals surface area contributed by atoms with Crippen LogP contribution in [0, 0.1) is 5.82 Å². The predicted molar refractivity (Wildman–Crippen MR) is 72.1 cm³/mol. The van der Waals surface area contributed by atoms with E-state index in [1.807, 2.05) is 7.05 Å². The number of carbonyl (C=O) groups excluding carboxylic acids is 1. The van der Waals surface area contributed by atoms with Gasteiger partial charge in [-0.05, 0) is 38.2 Å². The highest BCUT2D eigenvalue weighted by atomic mass is 79.9. The topological polar surface area (TPSA) is 23.6 Å². The van der Waals surface area contributed by atoms with Crippen LogP contribution in [0.25, 0.3) is 0 Å². The number of likely N-dealkylation sites (N-methyl/N-ethyl adjacent to an activating group) is 1. The molecule has 0 spiro atoms. The zero-order valence-electron chi connectivity index (χ0n) is 10.3. The van der Waals surface area contributed by atoms with Gasteiger partial charge in [0.05, 0.1) is 0 Å². The van der Waals surface area contributed by atoms with Crippen molar-refractivity contribution in [1.82, 2.24) is 9.80 Å². The van der Waals surface area contributed by atoms with E-state index in [0.29, 0.717) is 16.6 Å². The van der Waals surface area contributed by atoms with E-state index >= 15 is 0 Å². The second-order valence-electron chi connectivity index (χ2n) is 4.61. The monoisotopic (exact) mass is 314 g/mol. The minimum atomic E-state index is -0.389. The van der Waals surface area contributed by atoms with E-state index in [1.54, 1.807) is 11.0 Å². The van der Waals surface area contributed by atoms with Crippen LogP contribution in [0.15, 0.2) is 22.7 Å². The normalized spacial score (nSPS) is 17.6. The van der Waals surface area contributed by atoms with Crippen molar-refractivity contribution in [3.63, 3.8) is 0 Å². The van der Waals surface area contributed by atoms with Crippen LogP contribution < -0.4 is 0 Å². The van der Waals surface area contributed by atoms with E-state index in [-0.39, 0.29) is 11.7 Å². The van der Waals surface area contributed by atoms with E-state index in [1.165, 1.54) is 12.1 Å². The fourth-order valence-electron chi connectivity index (χ4n) is 2.11. The van der Waals surface area contributed by atoms with Crippen molar-refractivity contribution >= 4 is 21.8 Å². The zero-order valence-corrected chi connectivity index (χ0v) is 11.9. The smallest absolute Gasteiger partial charge is 0.254 e. The summed E-state index contributed by atoms with van der Waals surface area (Å²) in [6.45, 7) is 3.29. The van der Waals surface area contributed by atoms with Gasteiger partial charge >= 0.3 is 0 Å². The van der Waals surface area contributed by atoms with Gasteiger partial charge in [0.25, 0.3) is 5.91 Å². The van der Waals surface area contributed by atoms with Gasteiger partial charge in [-0.3, -0.25) is 4.79 Å². The van der Waals surface area contributed by atoms with Gasteiger partial charge < -0.3 is 9.80 Å². The third-order valence-electron chi connectivity index (χ3n) is 3.12. The van der Waals surface area contributed by atoms with Gasteiger partial charge in [-0.15, -0.1) is 0 Å². The van der Waals surface area contributed by atoms with Crippen LogP contribution in [0.1, 0.15) is 16.8 Å². The summed E-state index contributed by atoms with van der Waals surface area (Å²) in [5.74, 6) is -0.481. The maximum Gasteiger partial charge on any atom is 0.254 e. The Morgan fingerprint density at radius 1 is 1.22 bits per heavy atom. The van der Waals surface area contributed by atoms with Crippen molar-refractivity contribution in [2.45, 2.75) is 6.42 Å². The van der Waals surface area contributed by atoms with Crippen LogP contribution in [-0.2, 0) is 0 Å². The maximum absolute atomic E-state index is 13.3. The molecule has 2 rings (SSSR count). The number of halogens is 2.